The van der Waals surface area contributed by atoms with Crippen LogP contribution in [0.25, 0.3) is 0 Å². The van der Waals surface area contributed by atoms with Gasteiger partial charge in [-0.15, -0.1) is 0 Å². The van der Waals surface area contributed by atoms with E-state index in [4.69, 9.17) is 5.73 Å². The Balaban J connectivity index is 2.29. The highest BCUT2D eigenvalue weighted by molar-refractivity contribution is 7.99. The van der Waals surface area contributed by atoms with Gasteiger partial charge in [0.2, 0.25) is 0 Å². The van der Waals surface area contributed by atoms with E-state index in [2.05, 4.69) is 30.5 Å². The maximum atomic E-state index is 5.86. The predicted molar refractivity (Wildman–Crippen MR) is 75.0 cm³/mol. The first kappa shape index (κ1) is 14.3. The topological polar surface area (TPSA) is 29.3 Å². The van der Waals surface area contributed by atoms with Crippen molar-refractivity contribution in [3.8, 4) is 0 Å². The van der Waals surface area contributed by atoms with E-state index >= 15 is 0 Å². The fourth-order valence-electron chi connectivity index (χ4n) is 2.85. The molecule has 0 aliphatic heterocycles. The number of rotatable bonds is 8. The minimum absolute atomic E-state index is 0.763. The SMILES string of the molecule is CCSCCCN(CC)C1CCCC1CN. The molecule has 0 aromatic carbocycles. The maximum Gasteiger partial charge on any atom is 0.0135 e. The van der Waals surface area contributed by atoms with Crippen LogP contribution in [0, 0.1) is 5.92 Å². The molecular formula is C13H28N2S. The lowest BCUT2D eigenvalue weighted by Crippen LogP contribution is -2.40. The zero-order valence-corrected chi connectivity index (χ0v) is 11.8. The normalized spacial score (nSPS) is 25.5. The second-order valence-corrected chi connectivity index (χ2v) is 6.07. The average Bonchev–Trinajstić information content (AvgIpc) is 2.77. The Morgan fingerprint density at radius 2 is 2.12 bits per heavy atom. The molecule has 96 valence electrons. The van der Waals surface area contributed by atoms with Gasteiger partial charge in [0.1, 0.15) is 0 Å². The summed E-state index contributed by atoms with van der Waals surface area (Å²) in [6.45, 7) is 7.87. The van der Waals surface area contributed by atoms with E-state index in [1.807, 2.05) is 0 Å². The van der Waals surface area contributed by atoms with Crippen LogP contribution in [0.2, 0.25) is 0 Å². The molecule has 0 amide bonds. The second-order valence-electron chi connectivity index (χ2n) is 4.67. The Kier molecular flexibility index (Phi) is 7.50. The molecule has 2 atom stereocenters. The summed E-state index contributed by atoms with van der Waals surface area (Å²) >= 11 is 2.06. The minimum atomic E-state index is 0.763. The summed E-state index contributed by atoms with van der Waals surface area (Å²) in [7, 11) is 0. The standard InChI is InChI=1S/C13H28N2S/c1-3-15(9-6-10-16-4-2)13-8-5-7-12(13)11-14/h12-13H,3-11,14H2,1-2H3. The van der Waals surface area contributed by atoms with E-state index in [1.165, 1.54) is 50.3 Å². The first-order valence-corrected chi connectivity index (χ1v) is 8.00. The third-order valence-electron chi connectivity index (χ3n) is 3.74. The summed E-state index contributed by atoms with van der Waals surface area (Å²) in [5.41, 5.74) is 5.86. The Bertz CT molecular complexity index is 175. The van der Waals surface area contributed by atoms with Crippen LogP contribution in [-0.2, 0) is 0 Å². The molecule has 16 heavy (non-hydrogen) atoms. The fraction of sp³-hybridized carbons (Fsp3) is 1.00. The Labute approximate surface area is 105 Å². The van der Waals surface area contributed by atoms with Gasteiger partial charge in [-0.25, -0.2) is 0 Å². The average molecular weight is 244 g/mol. The molecule has 0 radical (unpaired) electrons. The van der Waals surface area contributed by atoms with Crippen LogP contribution in [0.4, 0.5) is 0 Å². The zero-order chi connectivity index (χ0) is 11.8. The highest BCUT2D eigenvalue weighted by atomic mass is 32.2. The highest BCUT2D eigenvalue weighted by Gasteiger charge is 2.29. The molecule has 0 spiro atoms. The summed E-state index contributed by atoms with van der Waals surface area (Å²) in [5.74, 6) is 3.33. The molecular weight excluding hydrogens is 216 g/mol. The molecule has 0 aromatic rings. The van der Waals surface area contributed by atoms with Gasteiger partial charge in [0.25, 0.3) is 0 Å². The molecule has 2 nitrogen and oxygen atoms in total. The van der Waals surface area contributed by atoms with Crippen LogP contribution < -0.4 is 5.73 Å². The predicted octanol–water partition coefficient (Wildman–Crippen LogP) is 2.58. The van der Waals surface area contributed by atoms with Crippen LogP contribution in [-0.4, -0.2) is 42.1 Å². The van der Waals surface area contributed by atoms with Crippen molar-refractivity contribution in [2.45, 2.75) is 45.6 Å². The van der Waals surface area contributed by atoms with E-state index in [0.29, 0.717) is 0 Å². The molecule has 3 heteroatoms. The molecule has 1 fully saturated rings. The summed E-state index contributed by atoms with van der Waals surface area (Å²) < 4.78 is 0. The van der Waals surface area contributed by atoms with Gasteiger partial charge < -0.3 is 10.6 Å². The summed E-state index contributed by atoms with van der Waals surface area (Å²) in [5, 5.41) is 0. The van der Waals surface area contributed by atoms with Gasteiger partial charge in [-0.05, 0) is 56.3 Å². The van der Waals surface area contributed by atoms with E-state index in [1.54, 1.807) is 0 Å². The van der Waals surface area contributed by atoms with Gasteiger partial charge in [-0.3, -0.25) is 0 Å². The molecule has 1 saturated carbocycles. The van der Waals surface area contributed by atoms with Crippen molar-refractivity contribution in [1.82, 2.24) is 4.90 Å². The quantitative estimate of drug-likeness (QED) is 0.666. The molecule has 0 saturated heterocycles. The number of hydrogen-bond acceptors (Lipinski definition) is 3. The summed E-state index contributed by atoms with van der Waals surface area (Å²) in [6, 6.07) is 0.779. The minimum Gasteiger partial charge on any atom is -0.330 e. The second kappa shape index (κ2) is 8.37. The van der Waals surface area contributed by atoms with E-state index in [0.717, 1.165) is 18.5 Å². The third kappa shape index (κ3) is 4.27. The summed E-state index contributed by atoms with van der Waals surface area (Å²) in [6.07, 6.45) is 5.44. The van der Waals surface area contributed by atoms with Gasteiger partial charge in [0.05, 0.1) is 0 Å². The van der Waals surface area contributed by atoms with Crippen LogP contribution in [0.1, 0.15) is 39.5 Å². The van der Waals surface area contributed by atoms with Gasteiger partial charge >= 0.3 is 0 Å². The lowest BCUT2D eigenvalue weighted by molar-refractivity contribution is 0.171. The molecule has 1 aliphatic rings. The van der Waals surface area contributed by atoms with Crippen molar-refractivity contribution in [2.75, 3.05) is 31.1 Å². The summed E-state index contributed by atoms with van der Waals surface area (Å²) in [4.78, 5) is 2.67. The molecule has 0 aromatic heterocycles. The zero-order valence-electron chi connectivity index (χ0n) is 11.0. The van der Waals surface area contributed by atoms with Crippen molar-refractivity contribution in [2.24, 2.45) is 11.7 Å². The molecule has 2 N–H and O–H groups in total. The number of hydrogen-bond donors (Lipinski definition) is 1. The first-order chi connectivity index (χ1) is 7.83. The number of thioether (sulfide) groups is 1. The first-order valence-electron chi connectivity index (χ1n) is 6.85. The molecule has 2 unspecified atom stereocenters. The van der Waals surface area contributed by atoms with E-state index < -0.39 is 0 Å². The molecule has 0 bridgehead atoms. The number of nitrogens with two attached hydrogens (primary N) is 1. The lowest BCUT2D eigenvalue weighted by atomic mass is 10.0. The largest absolute Gasteiger partial charge is 0.330 e. The highest BCUT2D eigenvalue weighted by Crippen LogP contribution is 2.29. The Morgan fingerprint density at radius 1 is 1.31 bits per heavy atom. The van der Waals surface area contributed by atoms with Gasteiger partial charge in [-0.1, -0.05) is 20.3 Å². The molecule has 1 aliphatic carbocycles. The van der Waals surface area contributed by atoms with Gasteiger partial charge in [0.15, 0.2) is 0 Å². The van der Waals surface area contributed by atoms with Crippen molar-refractivity contribution < 1.29 is 0 Å². The van der Waals surface area contributed by atoms with Crippen molar-refractivity contribution in [1.29, 1.82) is 0 Å². The number of nitrogens with zero attached hydrogens (tertiary/aromatic N) is 1. The monoisotopic (exact) mass is 244 g/mol. The smallest absolute Gasteiger partial charge is 0.0135 e. The maximum absolute atomic E-state index is 5.86. The van der Waals surface area contributed by atoms with Crippen molar-refractivity contribution in [3.63, 3.8) is 0 Å². The fourth-order valence-corrected chi connectivity index (χ4v) is 3.47. The Hall–Kier alpha value is 0.270. The Morgan fingerprint density at radius 3 is 2.75 bits per heavy atom. The van der Waals surface area contributed by atoms with Crippen LogP contribution >= 0.6 is 11.8 Å². The van der Waals surface area contributed by atoms with Crippen LogP contribution in [0.15, 0.2) is 0 Å². The lowest BCUT2D eigenvalue weighted by Gasteiger charge is -2.31. The van der Waals surface area contributed by atoms with E-state index in [-0.39, 0.29) is 0 Å². The van der Waals surface area contributed by atoms with Crippen molar-refractivity contribution in [3.05, 3.63) is 0 Å². The van der Waals surface area contributed by atoms with Crippen molar-refractivity contribution >= 4 is 11.8 Å². The van der Waals surface area contributed by atoms with Gasteiger partial charge in [0, 0.05) is 6.04 Å². The third-order valence-corrected chi connectivity index (χ3v) is 4.72. The molecule has 0 heterocycles. The van der Waals surface area contributed by atoms with E-state index in [9.17, 15) is 0 Å². The van der Waals surface area contributed by atoms with Crippen LogP contribution in [0.5, 0.6) is 0 Å². The molecule has 1 rings (SSSR count). The van der Waals surface area contributed by atoms with Crippen LogP contribution in [0.3, 0.4) is 0 Å². The van der Waals surface area contributed by atoms with Gasteiger partial charge in [-0.2, -0.15) is 11.8 Å².